The highest BCUT2D eigenvalue weighted by Crippen LogP contribution is 2.30. The van der Waals surface area contributed by atoms with Crippen LogP contribution in [0.2, 0.25) is 0 Å². The lowest BCUT2D eigenvalue weighted by molar-refractivity contribution is 0.165. The van der Waals surface area contributed by atoms with Crippen LogP contribution in [0.1, 0.15) is 12.8 Å². The molecule has 0 saturated heterocycles. The van der Waals surface area contributed by atoms with Gasteiger partial charge in [-0.15, -0.1) is 11.3 Å². The zero-order valence-corrected chi connectivity index (χ0v) is 11.8. The minimum Gasteiger partial charge on any atom is -0.399 e. The maximum Gasteiger partial charge on any atom is 0.229 e. The van der Waals surface area contributed by atoms with Crippen LogP contribution in [0.25, 0.3) is 10.2 Å². The van der Waals surface area contributed by atoms with Crippen molar-refractivity contribution in [3.05, 3.63) is 18.2 Å². The van der Waals surface area contributed by atoms with E-state index in [2.05, 4.69) is 4.98 Å². The van der Waals surface area contributed by atoms with Crippen molar-refractivity contribution in [2.45, 2.75) is 17.2 Å². The van der Waals surface area contributed by atoms with Crippen LogP contribution >= 0.6 is 11.3 Å². The maximum atomic E-state index is 12.1. The number of sulfone groups is 1. The minimum absolute atomic E-state index is 0.101. The predicted molar refractivity (Wildman–Crippen MR) is 74.8 cm³/mol. The van der Waals surface area contributed by atoms with Crippen molar-refractivity contribution < 1.29 is 13.2 Å². The Kier molecular flexibility index (Phi) is 3.20. The summed E-state index contributed by atoms with van der Waals surface area (Å²) in [5.41, 5.74) is 6.92. The summed E-state index contributed by atoms with van der Waals surface area (Å²) in [5.74, 6) is 0.254. The third kappa shape index (κ3) is 2.88. The van der Waals surface area contributed by atoms with E-state index in [4.69, 9.17) is 10.5 Å². The fourth-order valence-electron chi connectivity index (χ4n) is 1.71. The lowest BCUT2D eigenvalue weighted by Gasteiger charge is -2.01. The fourth-order valence-corrected chi connectivity index (χ4v) is 4.03. The lowest BCUT2D eigenvalue weighted by Crippen LogP contribution is -2.11. The second-order valence-electron chi connectivity index (χ2n) is 4.75. The Morgan fingerprint density at radius 1 is 1.42 bits per heavy atom. The summed E-state index contributed by atoms with van der Waals surface area (Å²) in [6.45, 7) is 0.525. The highest BCUT2D eigenvalue weighted by Gasteiger charge is 2.24. The molecule has 1 aliphatic carbocycles. The van der Waals surface area contributed by atoms with Gasteiger partial charge in [0.1, 0.15) is 0 Å². The zero-order valence-electron chi connectivity index (χ0n) is 10.2. The predicted octanol–water partition coefficient (Wildman–Crippen LogP) is 2.04. The van der Waals surface area contributed by atoms with Gasteiger partial charge in [-0.25, -0.2) is 13.4 Å². The van der Waals surface area contributed by atoms with Gasteiger partial charge >= 0.3 is 0 Å². The number of anilines is 1. The highest BCUT2D eigenvalue weighted by atomic mass is 32.2. The van der Waals surface area contributed by atoms with Gasteiger partial charge in [-0.1, -0.05) is 0 Å². The van der Waals surface area contributed by atoms with Crippen LogP contribution in [0.4, 0.5) is 5.69 Å². The number of aromatic nitrogens is 1. The molecule has 0 unspecified atom stereocenters. The van der Waals surface area contributed by atoms with Gasteiger partial charge in [0, 0.05) is 5.69 Å². The van der Waals surface area contributed by atoms with Crippen molar-refractivity contribution in [1.82, 2.24) is 4.98 Å². The Balaban J connectivity index is 1.80. The van der Waals surface area contributed by atoms with E-state index in [0.29, 0.717) is 23.7 Å². The molecule has 0 spiro atoms. The van der Waals surface area contributed by atoms with Crippen LogP contribution in [0.15, 0.2) is 22.5 Å². The van der Waals surface area contributed by atoms with Gasteiger partial charge in [-0.05, 0) is 37.0 Å². The average molecular weight is 298 g/mol. The van der Waals surface area contributed by atoms with E-state index in [9.17, 15) is 8.42 Å². The second kappa shape index (κ2) is 4.73. The van der Waals surface area contributed by atoms with E-state index in [1.165, 1.54) is 0 Å². The Morgan fingerprint density at radius 3 is 2.95 bits per heavy atom. The number of hydrogen-bond acceptors (Lipinski definition) is 6. The van der Waals surface area contributed by atoms with Crippen molar-refractivity contribution in [1.29, 1.82) is 0 Å². The maximum absolute atomic E-state index is 12.1. The number of nitrogens with two attached hydrogens (primary N) is 1. The van der Waals surface area contributed by atoms with E-state index in [1.54, 1.807) is 18.2 Å². The molecular weight excluding hydrogens is 284 g/mol. The molecule has 19 heavy (non-hydrogen) atoms. The number of hydrogen-bond donors (Lipinski definition) is 1. The molecule has 0 amide bonds. The van der Waals surface area contributed by atoms with Gasteiger partial charge in [-0.3, -0.25) is 0 Å². The summed E-state index contributed by atoms with van der Waals surface area (Å²) in [5, 5.41) is 0. The van der Waals surface area contributed by atoms with E-state index < -0.39 is 9.84 Å². The molecule has 0 aliphatic heterocycles. The number of nitrogens with zero attached hydrogens (tertiary/aromatic N) is 1. The number of benzene rings is 1. The molecule has 7 heteroatoms. The van der Waals surface area contributed by atoms with E-state index in [0.717, 1.165) is 28.9 Å². The molecule has 0 radical (unpaired) electrons. The normalized spacial score (nSPS) is 16.0. The third-order valence-electron chi connectivity index (χ3n) is 2.95. The molecule has 2 N–H and O–H groups in total. The smallest absolute Gasteiger partial charge is 0.229 e. The molecule has 1 heterocycles. The van der Waals surface area contributed by atoms with E-state index in [-0.39, 0.29) is 10.3 Å². The van der Waals surface area contributed by atoms with Crippen LogP contribution in [-0.4, -0.2) is 25.9 Å². The third-order valence-corrected chi connectivity index (χ3v) is 5.87. The van der Waals surface area contributed by atoms with Crippen molar-refractivity contribution in [2.24, 2.45) is 5.92 Å². The first-order valence-corrected chi connectivity index (χ1v) is 8.48. The Morgan fingerprint density at radius 2 is 2.21 bits per heavy atom. The van der Waals surface area contributed by atoms with Crippen LogP contribution < -0.4 is 5.73 Å². The summed E-state index contributed by atoms with van der Waals surface area (Å²) >= 11 is 1.13. The van der Waals surface area contributed by atoms with Gasteiger partial charge in [-0.2, -0.15) is 0 Å². The molecule has 102 valence electrons. The number of rotatable bonds is 5. The van der Waals surface area contributed by atoms with Crippen molar-refractivity contribution in [3.8, 4) is 0 Å². The van der Waals surface area contributed by atoms with Crippen LogP contribution in [0.3, 0.4) is 0 Å². The molecule has 2 aromatic rings. The zero-order chi connectivity index (χ0) is 13.5. The molecule has 3 rings (SSSR count). The highest BCUT2D eigenvalue weighted by molar-refractivity contribution is 7.93. The fraction of sp³-hybridized carbons (Fsp3) is 0.417. The lowest BCUT2D eigenvalue weighted by atomic mass is 10.3. The summed E-state index contributed by atoms with van der Waals surface area (Å²) in [6, 6.07) is 5.17. The number of ether oxygens (including phenoxy) is 1. The molecular formula is C12H14N2O3S2. The van der Waals surface area contributed by atoms with Crippen molar-refractivity contribution >= 4 is 37.1 Å². The van der Waals surface area contributed by atoms with E-state index >= 15 is 0 Å². The molecule has 1 fully saturated rings. The Labute approximate surface area is 115 Å². The van der Waals surface area contributed by atoms with E-state index in [1.807, 2.05) is 0 Å². The van der Waals surface area contributed by atoms with Crippen molar-refractivity contribution in [3.63, 3.8) is 0 Å². The topological polar surface area (TPSA) is 82.3 Å². The van der Waals surface area contributed by atoms with Gasteiger partial charge in [0.05, 0.1) is 16.8 Å². The molecule has 1 aromatic carbocycles. The molecule has 1 saturated carbocycles. The summed E-state index contributed by atoms with van der Waals surface area (Å²) in [6.07, 6.45) is 2.28. The number of fused-ring (bicyclic) bond motifs is 1. The quantitative estimate of drug-likeness (QED) is 0.854. The largest absolute Gasteiger partial charge is 0.399 e. The summed E-state index contributed by atoms with van der Waals surface area (Å²) in [4.78, 5) is 4.13. The molecule has 1 aliphatic rings. The second-order valence-corrected chi connectivity index (χ2v) is 7.89. The Hall–Kier alpha value is -1.18. The van der Waals surface area contributed by atoms with Gasteiger partial charge in [0.2, 0.25) is 14.2 Å². The Bertz CT molecular complexity index is 705. The molecule has 5 nitrogen and oxygen atoms in total. The van der Waals surface area contributed by atoms with Gasteiger partial charge < -0.3 is 10.5 Å². The first-order chi connectivity index (χ1) is 9.04. The number of thiazole rings is 1. The molecule has 0 bridgehead atoms. The van der Waals surface area contributed by atoms with Gasteiger partial charge in [0.25, 0.3) is 0 Å². The number of nitrogen functional groups attached to an aromatic ring is 1. The average Bonchev–Trinajstić information content (AvgIpc) is 3.06. The first kappa shape index (κ1) is 12.8. The first-order valence-electron chi connectivity index (χ1n) is 6.01. The van der Waals surface area contributed by atoms with Crippen molar-refractivity contribution in [2.75, 3.05) is 18.3 Å². The molecule has 1 aromatic heterocycles. The minimum atomic E-state index is -3.46. The monoisotopic (exact) mass is 298 g/mol. The van der Waals surface area contributed by atoms with Crippen LogP contribution in [0.5, 0.6) is 0 Å². The van der Waals surface area contributed by atoms with Gasteiger partial charge in [0.15, 0.2) is 5.94 Å². The van der Waals surface area contributed by atoms with Crippen LogP contribution in [0, 0.1) is 5.92 Å². The molecule has 0 atom stereocenters. The summed E-state index contributed by atoms with van der Waals surface area (Å²) < 4.78 is 30.3. The standard InChI is InChI=1S/C12H14N2O3S2/c13-9-3-4-10-11(5-9)18-12(14-10)19(15,16)7-17-6-8-1-2-8/h3-5,8H,1-2,6-7,13H2. The summed E-state index contributed by atoms with van der Waals surface area (Å²) in [7, 11) is -3.46. The van der Waals surface area contributed by atoms with Crippen LogP contribution in [-0.2, 0) is 14.6 Å². The SMILES string of the molecule is Nc1ccc2nc(S(=O)(=O)COCC3CC3)sc2c1.